The highest BCUT2D eigenvalue weighted by molar-refractivity contribution is 5.86. The van der Waals surface area contributed by atoms with Crippen molar-refractivity contribution >= 4 is 22.8 Å². The second kappa shape index (κ2) is 13.9. The number of nitrogens with two attached hydrogens (primary N) is 2. The topological polar surface area (TPSA) is 138 Å². The Morgan fingerprint density at radius 2 is 2.00 bits per heavy atom. The van der Waals surface area contributed by atoms with Gasteiger partial charge in [-0.3, -0.25) is 9.07 Å². The smallest absolute Gasteiger partial charge is 0.222 e. The Balaban J connectivity index is 0.000000526. The fourth-order valence-corrected chi connectivity index (χ4v) is 3.93. The number of hydrogen-bond donors (Lipinski definition) is 3. The Labute approximate surface area is 211 Å². The van der Waals surface area contributed by atoms with E-state index < -0.39 is 0 Å². The number of hydrogen-bond acceptors (Lipinski definition) is 9. The third-order valence-corrected chi connectivity index (χ3v) is 6.20. The highest BCUT2D eigenvalue weighted by Gasteiger charge is 2.18. The van der Waals surface area contributed by atoms with E-state index in [-0.39, 0.29) is 19.2 Å². The van der Waals surface area contributed by atoms with Crippen molar-refractivity contribution < 1.29 is 19.0 Å². The molecule has 2 heterocycles. The zero-order valence-corrected chi connectivity index (χ0v) is 21.2. The van der Waals surface area contributed by atoms with Crippen LogP contribution in [0.5, 0.6) is 5.75 Å². The highest BCUT2D eigenvalue weighted by Crippen LogP contribution is 2.26. The number of halogens is 1. The summed E-state index contributed by atoms with van der Waals surface area (Å²) in [5.74, 6) is 1.39. The summed E-state index contributed by atoms with van der Waals surface area (Å²) in [5.41, 5.74) is 14.7. The summed E-state index contributed by atoms with van der Waals surface area (Å²) < 4.78 is 24.8. The Morgan fingerprint density at radius 3 is 2.58 bits per heavy atom. The molecule has 1 aromatic carbocycles. The number of fused-ring (bicyclic) bond motifs is 1. The normalized spacial score (nSPS) is 13.2. The molecular weight excluding hydrogens is 465 g/mol. The molecule has 1 aliphatic rings. The summed E-state index contributed by atoms with van der Waals surface area (Å²) >= 11 is 0. The van der Waals surface area contributed by atoms with Gasteiger partial charge in [0.15, 0.2) is 11.3 Å². The molecule has 5 N–H and O–H groups in total. The second-order valence-corrected chi connectivity index (χ2v) is 8.71. The SMILES string of the molecule is COC1CCC1.COc1cc(CN)ccc1Cn1cc2nc(N)nc(N(CCO)CCCCF)c2n1. The van der Waals surface area contributed by atoms with Gasteiger partial charge in [-0.15, -0.1) is 0 Å². The quantitative estimate of drug-likeness (QED) is 0.318. The Hall–Kier alpha value is -3.02. The van der Waals surface area contributed by atoms with Crippen molar-refractivity contribution in [3.05, 3.63) is 35.5 Å². The lowest BCUT2D eigenvalue weighted by molar-refractivity contribution is 0.0412. The van der Waals surface area contributed by atoms with Crippen LogP contribution in [0.15, 0.2) is 24.4 Å². The van der Waals surface area contributed by atoms with E-state index in [9.17, 15) is 9.50 Å². The molecule has 4 rings (SSSR count). The minimum atomic E-state index is -0.381. The molecule has 10 nitrogen and oxygen atoms in total. The summed E-state index contributed by atoms with van der Waals surface area (Å²) in [4.78, 5) is 10.5. The van der Waals surface area contributed by atoms with Crippen molar-refractivity contribution in [1.82, 2.24) is 19.7 Å². The van der Waals surface area contributed by atoms with E-state index in [1.807, 2.05) is 23.1 Å². The van der Waals surface area contributed by atoms with Crippen LogP contribution in [0.1, 0.15) is 43.2 Å². The van der Waals surface area contributed by atoms with E-state index in [1.54, 1.807) is 25.1 Å². The fraction of sp³-hybridized carbons (Fsp3) is 0.560. The van der Waals surface area contributed by atoms with Crippen molar-refractivity contribution in [3.8, 4) is 5.75 Å². The molecule has 1 fully saturated rings. The third kappa shape index (κ3) is 7.25. The van der Waals surface area contributed by atoms with Crippen molar-refractivity contribution in [2.24, 2.45) is 5.73 Å². The van der Waals surface area contributed by atoms with Gasteiger partial charge in [0.1, 0.15) is 11.3 Å². The minimum absolute atomic E-state index is 0.0631. The van der Waals surface area contributed by atoms with Gasteiger partial charge < -0.3 is 30.9 Å². The molecule has 36 heavy (non-hydrogen) atoms. The molecule has 0 atom stereocenters. The summed E-state index contributed by atoms with van der Waals surface area (Å²) in [6.45, 7) is 1.34. The molecule has 0 amide bonds. The van der Waals surface area contributed by atoms with E-state index in [4.69, 9.17) is 20.9 Å². The molecule has 198 valence electrons. The van der Waals surface area contributed by atoms with Gasteiger partial charge in [0.2, 0.25) is 5.95 Å². The maximum Gasteiger partial charge on any atom is 0.222 e. The van der Waals surface area contributed by atoms with Crippen LogP contribution in [0.4, 0.5) is 16.2 Å². The van der Waals surface area contributed by atoms with Crippen LogP contribution in [0.25, 0.3) is 11.0 Å². The number of nitrogen functional groups attached to an aromatic ring is 1. The number of nitrogens with zero attached hydrogens (tertiary/aromatic N) is 5. The van der Waals surface area contributed by atoms with E-state index >= 15 is 0 Å². The number of benzene rings is 1. The van der Waals surface area contributed by atoms with Gasteiger partial charge >= 0.3 is 0 Å². The number of unbranched alkanes of at least 4 members (excludes halogenated alkanes) is 1. The van der Waals surface area contributed by atoms with Crippen LogP contribution in [-0.4, -0.2) is 71.5 Å². The predicted octanol–water partition coefficient (Wildman–Crippen LogP) is 2.66. The van der Waals surface area contributed by atoms with Gasteiger partial charge in [0.25, 0.3) is 0 Å². The molecule has 11 heteroatoms. The first-order valence-corrected chi connectivity index (χ1v) is 12.3. The van der Waals surface area contributed by atoms with Gasteiger partial charge in [0, 0.05) is 32.3 Å². The average Bonchev–Trinajstić information content (AvgIpc) is 3.25. The lowest BCUT2D eigenvalue weighted by Crippen LogP contribution is -2.29. The number of aromatic nitrogens is 4. The average molecular weight is 504 g/mol. The fourth-order valence-electron chi connectivity index (χ4n) is 3.93. The first-order chi connectivity index (χ1) is 17.5. The van der Waals surface area contributed by atoms with E-state index in [0.717, 1.165) is 16.9 Å². The second-order valence-electron chi connectivity index (χ2n) is 8.71. The Morgan fingerprint density at radius 1 is 1.19 bits per heavy atom. The lowest BCUT2D eigenvalue weighted by atomic mass is 9.96. The number of aliphatic hydroxyl groups excluding tert-OH is 1. The molecule has 0 unspecified atom stereocenters. The van der Waals surface area contributed by atoms with Crippen molar-refractivity contribution in [2.45, 2.75) is 51.3 Å². The van der Waals surface area contributed by atoms with Crippen LogP contribution in [0.2, 0.25) is 0 Å². The molecule has 1 aliphatic carbocycles. The standard InChI is InChI=1S/C20H28FN7O2.C5H10O/c1-30-17-10-14(11-22)4-5-15(17)12-28-13-16-18(26-28)19(25-20(23)24-16)27(8-9-29)7-3-2-6-21;1-6-5-3-2-4-5/h4-5,10,13,29H,2-3,6-9,11-12,22H2,1H3,(H2,23,24);5H,2-4H2,1H3. The predicted molar refractivity (Wildman–Crippen MR) is 139 cm³/mol. The maximum absolute atomic E-state index is 12.5. The monoisotopic (exact) mass is 503 g/mol. The van der Waals surface area contributed by atoms with E-state index in [0.29, 0.717) is 62.0 Å². The highest BCUT2D eigenvalue weighted by atomic mass is 19.1. The van der Waals surface area contributed by atoms with Crippen LogP contribution in [-0.2, 0) is 17.8 Å². The van der Waals surface area contributed by atoms with Crippen LogP contribution in [0, 0.1) is 0 Å². The van der Waals surface area contributed by atoms with Crippen molar-refractivity contribution in [3.63, 3.8) is 0 Å². The number of methoxy groups -OCH3 is 2. The maximum atomic E-state index is 12.5. The van der Waals surface area contributed by atoms with Crippen molar-refractivity contribution in [1.29, 1.82) is 0 Å². The first-order valence-electron chi connectivity index (χ1n) is 12.3. The summed E-state index contributed by atoms with van der Waals surface area (Å²) in [6.07, 6.45) is 7.44. The lowest BCUT2D eigenvalue weighted by Gasteiger charge is -2.22. The van der Waals surface area contributed by atoms with Crippen LogP contribution in [0.3, 0.4) is 0 Å². The van der Waals surface area contributed by atoms with Gasteiger partial charge in [0.05, 0.1) is 39.2 Å². The number of rotatable bonds is 12. The number of ether oxygens (including phenoxy) is 2. The molecule has 0 spiro atoms. The summed E-state index contributed by atoms with van der Waals surface area (Å²) in [6, 6.07) is 5.83. The molecule has 0 saturated heterocycles. The van der Waals surface area contributed by atoms with Crippen molar-refractivity contribution in [2.75, 3.05) is 51.2 Å². The first kappa shape index (κ1) is 27.6. The van der Waals surface area contributed by atoms with E-state index in [2.05, 4.69) is 15.1 Å². The van der Waals surface area contributed by atoms with Gasteiger partial charge in [-0.2, -0.15) is 10.1 Å². The van der Waals surface area contributed by atoms with Gasteiger partial charge in [-0.1, -0.05) is 12.1 Å². The largest absolute Gasteiger partial charge is 0.496 e. The molecule has 2 aromatic heterocycles. The molecule has 3 aromatic rings. The molecule has 0 bridgehead atoms. The molecular formula is C25H38FN7O3. The van der Waals surface area contributed by atoms with Gasteiger partial charge in [-0.25, -0.2) is 4.98 Å². The molecule has 0 aliphatic heterocycles. The zero-order chi connectivity index (χ0) is 25.9. The summed E-state index contributed by atoms with van der Waals surface area (Å²) in [7, 11) is 3.40. The van der Waals surface area contributed by atoms with Crippen LogP contribution < -0.4 is 21.1 Å². The minimum Gasteiger partial charge on any atom is -0.496 e. The summed E-state index contributed by atoms with van der Waals surface area (Å²) in [5, 5.41) is 14.1. The van der Waals surface area contributed by atoms with Gasteiger partial charge in [-0.05, 0) is 43.7 Å². The molecule has 1 saturated carbocycles. The third-order valence-electron chi connectivity index (χ3n) is 6.20. The van der Waals surface area contributed by atoms with E-state index in [1.165, 1.54) is 19.3 Å². The molecule has 0 radical (unpaired) electrons. The Bertz CT molecular complexity index is 1090. The number of anilines is 2. The number of aliphatic hydroxyl groups is 1. The number of alkyl halides is 1. The Kier molecular flexibility index (Phi) is 10.6. The zero-order valence-electron chi connectivity index (χ0n) is 21.2. The van der Waals surface area contributed by atoms with Crippen LogP contribution >= 0.6 is 0 Å².